The van der Waals surface area contributed by atoms with Crippen LogP contribution in [0.25, 0.3) is 0 Å². The van der Waals surface area contributed by atoms with Gasteiger partial charge in [0.25, 0.3) is 0 Å². The number of carbonyl (C=O) groups is 1. The van der Waals surface area contributed by atoms with Crippen molar-refractivity contribution in [1.29, 1.82) is 0 Å². The first-order valence-electron chi connectivity index (χ1n) is 5.21. The van der Waals surface area contributed by atoms with Crippen LogP contribution < -0.4 is 4.74 Å². The van der Waals surface area contributed by atoms with Crippen LogP contribution in [0.3, 0.4) is 0 Å². The van der Waals surface area contributed by atoms with Crippen molar-refractivity contribution in [2.24, 2.45) is 5.41 Å². The van der Waals surface area contributed by atoms with Crippen LogP contribution in [0, 0.1) is 12.3 Å². The van der Waals surface area contributed by atoms with Gasteiger partial charge in [0, 0.05) is 5.69 Å². The van der Waals surface area contributed by atoms with E-state index in [2.05, 4.69) is 4.98 Å². The Balaban J connectivity index is 2.41. The zero-order valence-corrected chi connectivity index (χ0v) is 9.86. The molecule has 4 heteroatoms. The number of carboxylic acids is 1. The fourth-order valence-corrected chi connectivity index (χ4v) is 1.07. The first kappa shape index (κ1) is 12.5. The Bertz CT molecular complexity index is 357. The molecule has 0 spiro atoms. The minimum atomic E-state index is -0.807. The molecule has 1 rings (SSSR count). The molecular formula is C12H17NO3. The molecule has 1 heterocycles. The Kier molecular flexibility index (Phi) is 3.88. The van der Waals surface area contributed by atoms with E-state index in [9.17, 15) is 4.79 Å². The molecule has 88 valence electrons. The van der Waals surface area contributed by atoms with Gasteiger partial charge < -0.3 is 9.84 Å². The smallest absolute Gasteiger partial charge is 0.309 e. The summed E-state index contributed by atoms with van der Waals surface area (Å²) in [6.45, 7) is 5.65. The van der Waals surface area contributed by atoms with Gasteiger partial charge in [0.15, 0.2) is 0 Å². The number of rotatable bonds is 5. The lowest BCUT2D eigenvalue weighted by molar-refractivity contribution is -0.147. The molecule has 1 N–H and O–H groups in total. The van der Waals surface area contributed by atoms with Gasteiger partial charge in [-0.3, -0.25) is 9.78 Å². The van der Waals surface area contributed by atoms with E-state index in [0.29, 0.717) is 18.8 Å². The summed E-state index contributed by atoms with van der Waals surface area (Å²) in [5.41, 5.74) is 0.177. The van der Waals surface area contributed by atoms with Gasteiger partial charge in [-0.15, -0.1) is 0 Å². The van der Waals surface area contributed by atoms with E-state index in [1.54, 1.807) is 20.0 Å². The zero-order chi connectivity index (χ0) is 12.2. The third kappa shape index (κ3) is 3.53. The molecular weight excluding hydrogens is 206 g/mol. The lowest BCUT2D eigenvalue weighted by Crippen LogP contribution is -2.25. The van der Waals surface area contributed by atoms with Gasteiger partial charge in [-0.05, 0) is 39.3 Å². The van der Waals surface area contributed by atoms with Crippen LogP contribution in [0.5, 0.6) is 5.75 Å². The van der Waals surface area contributed by atoms with Crippen molar-refractivity contribution in [3.8, 4) is 5.75 Å². The normalized spacial score (nSPS) is 11.2. The molecule has 0 aromatic carbocycles. The number of carboxylic acid groups (broad SMARTS) is 1. The van der Waals surface area contributed by atoms with E-state index < -0.39 is 11.4 Å². The molecule has 0 bridgehead atoms. The zero-order valence-electron chi connectivity index (χ0n) is 9.86. The van der Waals surface area contributed by atoms with Crippen LogP contribution >= 0.6 is 0 Å². The lowest BCUT2D eigenvalue weighted by Gasteiger charge is -2.18. The number of nitrogens with zero attached hydrogens (tertiary/aromatic N) is 1. The van der Waals surface area contributed by atoms with Crippen molar-refractivity contribution in [2.75, 3.05) is 6.61 Å². The van der Waals surface area contributed by atoms with Crippen LogP contribution in [-0.2, 0) is 4.79 Å². The molecule has 1 aromatic rings. The lowest BCUT2D eigenvalue weighted by atomic mass is 9.90. The third-order valence-electron chi connectivity index (χ3n) is 2.46. The van der Waals surface area contributed by atoms with Crippen LogP contribution in [0.2, 0.25) is 0 Å². The summed E-state index contributed by atoms with van der Waals surface area (Å²) in [5, 5.41) is 8.91. The number of aryl methyl sites for hydroxylation is 1. The molecule has 0 aliphatic heterocycles. The summed E-state index contributed by atoms with van der Waals surface area (Å²) in [4.78, 5) is 14.9. The molecule has 0 amide bonds. The molecule has 0 aliphatic carbocycles. The summed E-state index contributed by atoms with van der Waals surface area (Å²) in [6.07, 6.45) is 2.11. The van der Waals surface area contributed by atoms with Gasteiger partial charge in [-0.25, -0.2) is 0 Å². The molecule has 0 atom stereocenters. The molecule has 0 radical (unpaired) electrons. The maximum atomic E-state index is 10.8. The number of aromatic nitrogens is 1. The topological polar surface area (TPSA) is 59.4 Å². The van der Waals surface area contributed by atoms with Gasteiger partial charge >= 0.3 is 5.97 Å². The first-order chi connectivity index (χ1) is 7.42. The number of hydrogen-bond donors (Lipinski definition) is 1. The fourth-order valence-electron chi connectivity index (χ4n) is 1.07. The van der Waals surface area contributed by atoms with Gasteiger partial charge in [-0.1, -0.05) is 0 Å². The summed E-state index contributed by atoms with van der Waals surface area (Å²) < 4.78 is 5.42. The van der Waals surface area contributed by atoms with E-state index >= 15 is 0 Å². The van der Waals surface area contributed by atoms with Crippen LogP contribution in [0.1, 0.15) is 26.0 Å². The van der Waals surface area contributed by atoms with Crippen molar-refractivity contribution in [2.45, 2.75) is 27.2 Å². The third-order valence-corrected chi connectivity index (χ3v) is 2.46. The van der Waals surface area contributed by atoms with Crippen molar-refractivity contribution < 1.29 is 14.6 Å². The Morgan fingerprint density at radius 2 is 2.19 bits per heavy atom. The second-order valence-corrected chi connectivity index (χ2v) is 4.42. The monoisotopic (exact) mass is 223 g/mol. The SMILES string of the molecule is Cc1ccc(OCCC(C)(C)C(=O)O)cn1. The number of ether oxygens (including phenoxy) is 1. The highest BCUT2D eigenvalue weighted by molar-refractivity contribution is 5.73. The van der Waals surface area contributed by atoms with Gasteiger partial charge in [0.2, 0.25) is 0 Å². The highest BCUT2D eigenvalue weighted by Gasteiger charge is 2.26. The molecule has 0 saturated heterocycles. The van der Waals surface area contributed by atoms with E-state index in [1.165, 1.54) is 0 Å². The minimum Gasteiger partial charge on any atom is -0.492 e. The Hall–Kier alpha value is -1.58. The number of hydrogen-bond acceptors (Lipinski definition) is 3. The van der Waals surface area contributed by atoms with Gasteiger partial charge in [-0.2, -0.15) is 0 Å². The minimum absolute atomic E-state index is 0.379. The van der Waals surface area contributed by atoms with E-state index in [4.69, 9.17) is 9.84 Å². The van der Waals surface area contributed by atoms with Crippen molar-refractivity contribution in [3.05, 3.63) is 24.0 Å². The number of pyridine rings is 1. The highest BCUT2D eigenvalue weighted by atomic mass is 16.5. The molecule has 0 saturated carbocycles. The first-order valence-corrected chi connectivity index (χ1v) is 5.21. The average molecular weight is 223 g/mol. The van der Waals surface area contributed by atoms with Crippen molar-refractivity contribution in [3.63, 3.8) is 0 Å². The number of aliphatic carboxylic acids is 1. The Labute approximate surface area is 95.3 Å². The van der Waals surface area contributed by atoms with Crippen LogP contribution in [-0.4, -0.2) is 22.7 Å². The maximum absolute atomic E-state index is 10.8. The van der Waals surface area contributed by atoms with E-state index in [-0.39, 0.29) is 0 Å². The summed E-state index contributed by atoms with van der Waals surface area (Å²) in [5.74, 6) is -0.134. The Morgan fingerprint density at radius 3 is 2.69 bits per heavy atom. The molecule has 4 nitrogen and oxygen atoms in total. The maximum Gasteiger partial charge on any atom is 0.309 e. The van der Waals surface area contributed by atoms with Crippen molar-refractivity contribution in [1.82, 2.24) is 4.98 Å². The molecule has 16 heavy (non-hydrogen) atoms. The second-order valence-electron chi connectivity index (χ2n) is 4.42. The van der Waals surface area contributed by atoms with Crippen molar-refractivity contribution >= 4 is 5.97 Å². The van der Waals surface area contributed by atoms with E-state index in [1.807, 2.05) is 19.1 Å². The largest absolute Gasteiger partial charge is 0.492 e. The van der Waals surface area contributed by atoms with Gasteiger partial charge in [0.1, 0.15) is 5.75 Å². The fraction of sp³-hybridized carbons (Fsp3) is 0.500. The molecule has 0 fully saturated rings. The summed E-state index contributed by atoms with van der Waals surface area (Å²) in [6, 6.07) is 3.69. The van der Waals surface area contributed by atoms with Gasteiger partial charge in [0.05, 0.1) is 18.2 Å². The molecule has 1 aromatic heterocycles. The standard InChI is InChI=1S/C12H17NO3/c1-9-4-5-10(8-13-9)16-7-6-12(2,3)11(14)15/h4-5,8H,6-7H2,1-3H3,(H,14,15). The van der Waals surface area contributed by atoms with E-state index in [0.717, 1.165) is 5.69 Å². The Morgan fingerprint density at radius 1 is 1.50 bits per heavy atom. The van der Waals surface area contributed by atoms with Crippen LogP contribution in [0.15, 0.2) is 18.3 Å². The van der Waals surface area contributed by atoms with Crippen LogP contribution in [0.4, 0.5) is 0 Å². The predicted molar refractivity (Wildman–Crippen MR) is 60.5 cm³/mol. The quantitative estimate of drug-likeness (QED) is 0.831. The molecule has 0 unspecified atom stereocenters. The summed E-state index contributed by atoms with van der Waals surface area (Å²) >= 11 is 0. The predicted octanol–water partition coefficient (Wildman–Crippen LogP) is 2.27. The molecule has 0 aliphatic rings. The average Bonchev–Trinajstić information content (AvgIpc) is 2.20. The highest BCUT2D eigenvalue weighted by Crippen LogP contribution is 2.21. The summed E-state index contributed by atoms with van der Waals surface area (Å²) in [7, 11) is 0. The second kappa shape index (κ2) is 4.96.